The molecule has 2 rings (SSSR count). The van der Waals surface area contributed by atoms with Gasteiger partial charge < -0.3 is 9.84 Å². The molecule has 0 unspecified atom stereocenters. The molecule has 94 valence electrons. The van der Waals surface area contributed by atoms with Crippen LogP contribution < -0.4 is 4.74 Å². The van der Waals surface area contributed by atoms with Gasteiger partial charge in [0.1, 0.15) is 17.3 Å². The predicted octanol–water partition coefficient (Wildman–Crippen LogP) is 3.73. The molecule has 3 heteroatoms. The van der Waals surface area contributed by atoms with Crippen molar-refractivity contribution < 1.29 is 14.2 Å². The Morgan fingerprint density at radius 3 is 2.39 bits per heavy atom. The molecule has 0 fully saturated rings. The van der Waals surface area contributed by atoms with Crippen LogP contribution in [0.5, 0.6) is 11.5 Å². The number of ether oxygens (including phenoxy) is 1. The number of aliphatic hydroxyl groups excluding tert-OH is 1. The van der Waals surface area contributed by atoms with E-state index in [0.717, 1.165) is 16.9 Å². The molecule has 0 aliphatic carbocycles. The van der Waals surface area contributed by atoms with E-state index in [1.54, 1.807) is 0 Å². The van der Waals surface area contributed by atoms with Gasteiger partial charge in [-0.05, 0) is 43.2 Å². The number of hydrogen-bond acceptors (Lipinski definition) is 2. The van der Waals surface area contributed by atoms with Crippen LogP contribution in [0, 0.1) is 19.7 Å². The first-order valence-corrected chi connectivity index (χ1v) is 5.75. The predicted molar refractivity (Wildman–Crippen MR) is 68.3 cm³/mol. The van der Waals surface area contributed by atoms with Crippen LogP contribution in [-0.4, -0.2) is 5.11 Å². The number of hydrogen-bond donors (Lipinski definition) is 1. The summed E-state index contributed by atoms with van der Waals surface area (Å²) in [4.78, 5) is 0. The first kappa shape index (κ1) is 12.6. The molecule has 0 bridgehead atoms. The summed E-state index contributed by atoms with van der Waals surface area (Å²) in [5.41, 5.74) is 2.45. The molecule has 0 atom stereocenters. The Bertz CT molecular complexity index is 544. The zero-order chi connectivity index (χ0) is 13.1. The molecule has 2 aromatic rings. The molecule has 0 radical (unpaired) electrons. The Labute approximate surface area is 106 Å². The van der Waals surface area contributed by atoms with Crippen LogP contribution in [0.4, 0.5) is 4.39 Å². The molecule has 0 spiro atoms. The van der Waals surface area contributed by atoms with Crippen LogP contribution in [0.1, 0.15) is 16.7 Å². The van der Waals surface area contributed by atoms with E-state index in [9.17, 15) is 9.50 Å². The lowest BCUT2D eigenvalue weighted by Gasteiger charge is -2.14. The molecule has 0 aromatic heterocycles. The van der Waals surface area contributed by atoms with Gasteiger partial charge in [0.25, 0.3) is 0 Å². The van der Waals surface area contributed by atoms with Gasteiger partial charge in [-0.1, -0.05) is 18.2 Å². The molecule has 0 saturated carbocycles. The minimum absolute atomic E-state index is 0.252. The lowest BCUT2D eigenvalue weighted by atomic mass is 10.1. The van der Waals surface area contributed by atoms with Crippen LogP contribution in [0.3, 0.4) is 0 Å². The number of para-hydroxylation sites is 1. The Balaban J connectivity index is 2.40. The largest absolute Gasteiger partial charge is 0.456 e. The van der Waals surface area contributed by atoms with Crippen molar-refractivity contribution >= 4 is 0 Å². The van der Waals surface area contributed by atoms with E-state index in [1.807, 2.05) is 32.0 Å². The summed E-state index contributed by atoms with van der Waals surface area (Å²) in [5.74, 6) is 0.850. The minimum atomic E-state index is -0.382. The van der Waals surface area contributed by atoms with Crippen LogP contribution in [0.2, 0.25) is 0 Å². The number of benzene rings is 2. The highest BCUT2D eigenvalue weighted by molar-refractivity contribution is 5.45. The van der Waals surface area contributed by atoms with Gasteiger partial charge in [-0.15, -0.1) is 0 Å². The molecule has 0 aliphatic heterocycles. The van der Waals surface area contributed by atoms with Gasteiger partial charge in [-0.25, -0.2) is 4.39 Å². The highest BCUT2D eigenvalue weighted by Crippen LogP contribution is 2.31. The van der Waals surface area contributed by atoms with Crippen molar-refractivity contribution in [2.75, 3.05) is 0 Å². The highest BCUT2D eigenvalue weighted by atomic mass is 19.1. The van der Waals surface area contributed by atoms with E-state index in [1.165, 1.54) is 18.2 Å². The normalized spacial score (nSPS) is 10.4. The molecule has 2 aromatic carbocycles. The van der Waals surface area contributed by atoms with Gasteiger partial charge in [0.05, 0.1) is 6.61 Å². The molecule has 0 amide bonds. The lowest BCUT2D eigenvalue weighted by Crippen LogP contribution is -1.96. The van der Waals surface area contributed by atoms with Crippen molar-refractivity contribution in [1.82, 2.24) is 0 Å². The highest BCUT2D eigenvalue weighted by Gasteiger charge is 2.09. The Morgan fingerprint density at radius 1 is 1.11 bits per heavy atom. The van der Waals surface area contributed by atoms with Gasteiger partial charge in [0.15, 0.2) is 0 Å². The maximum Gasteiger partial charge on any atom is 0.133 e. The molecule has 0 aliphatic rings. The fraction of sp³-hybridized carbons (Fsp3) is 0.200. The smallest absolute Gasteiger partial charge is 0.133 e. The molecular formula is C15H15FO2. The van der Waals surface area contributed by atoms with Gasteiger partial charge in [0.2, 0.25) is 0 Å². The van der Waals surface area contributed by atoms with Crippen molar-refractivity contribution in [3.8, 4) is 11.5 Å². The Morgan fingerprint density at radius 2 is 1.78 bits per heavy atom. The second kappa shape index (κ2) is 5.19. The summed E-state index contributed by atoms with van der Waals surface area (Å²) < 4.78 is 18.9. The maximum absolute atomic E-state index is 13.1. The summed E-state index contributed by atoms with van der Waals surface area (Å²) in [6, 6.07) is 9.99. The van der Waals surface area contributed by atoms with Crippen LogP contribution in [0.25, 0.3) is 0 Å². The number of aliphatic hydroxyl groups is 1. The van der Waals surface area contributed by atoms with Crippen LogP contribution in [0.15, 0.2) is 36.4 Å². The second-order valence-electron chi connectivity index (χ2n) is 4.23. The summed E-state index contributed by atoms with van der Waals surface area (Å²) in [6.45, 7) is 3.65. The first-order valence-electron chi connectivity index (χ1n) is 5.75. The second-order valence-corrected chi connectivity index (χ2v) is 4.23. The fourth-order valence-corrected chi connectivity index (χ4v) is 1.84. The van der Waals surface area contributed by atoms with Gasteiger partial charge >= 0.3 is 0 Å². The fourth-order valence-electron chi connectivity index (χ4n) is 1.84. The van der Waals surface area contributed by atoms with Gasteiger partial charge in [0, 0.05) is 5.56 Å². The molecule has 18 heavy (non-hydrogen) atoms. The minimum Gasteiger partial charge on any atom is -0.456 e. The third kappa shape index (κ3) is 2.51. The number of rotatable bonds is 3. The SMILES string of the molecule is Cc1cccc(C)c1Oc1ccc(F)cc1CO. The van der Waals surface area contributed by atoms with Crippen molar-refractivity contribution in [2.45, 2.75) is 20.5 Å². The number of halogens is 1. The van der Waals surface area contributed by atoms with Crippen molar-refractivity contribution in [3.63, 3.8) is 0 Å². The standard InChI is InChI=1S/C15H15FO2/c1-10-4-3-5-11(2)15(10)18-14-7-6-13(16)8-12(14)9-17/h3-8,17H,9H2,1-2H3. The maximum atomic E-state index is 13.1. The van der Waals surface area contributed by atoms with Gasteiger partial charge in [-0.3, -0.25) is 0 Å². The third-order valence-electron chi connectivity index (χ3n) is 2.81. The van der Waals surface area contributed by atoms with E-state index in [0.29, 0.717) is 11.3 Å². The Hall–Kier alpha value is -1.87. The zero-order valence-electron chi connectivity index (χ0n) is 10.4. The summed E-state index contributed by atoms with van der Waals surface area (Å²) >= 11 is 0. The first-order chi connectivity index (χ1) is 8.61. The van der Waals surface area contributed by atoms with Crippen molar-refractivity contribution in [1.29, 1.82) is 0 Å². The van der Waals surface area contributed by atoms with Crippen molar-refractivity contribution in [2.24, 2.45) is 0 Å². The van der Waals surface area contributed by atoms with E-state index < -0.39 is 0 Å². The van der Waals surface area contributed by atoms with Crippen LogP contribution >= 0.6 is 0 Å². The third-order valence-corrected chi connectivity index (χ3v) is 2.81. The molecule has 1 N–H and O–H groups in total. The van der Waals surface area contributed by atoms with E-state index in [-0.39, 0.29) is 12.4 Å². The summed E-state index contributed by atoms with van der Waals surface area (Å²) in [5, 5.41) is 9.21. The van der Waals surface area contributed by atoms with E-state index >= 15 is 0 Å². The number of aryl methyl sites for hydroxylation is 2. The molecule has 0 heterocycles. The average molecular weight is 246 g/mol. The zero-order valence-corrected chi connectivity index (χ0v) is 10.4. The van der Waals surface area contributed by atoms with Gasteiger partial charge in [-0.2, -0.15) is 0 Å². The van der Waals surface area contributed by atoms with E-state index in [2.05, 4.69) is 0 Å². The monoisotopic (exact) mass is 246 g/mol. The lowest BCUT2D eigenvalue weighted by molar-refractivity contribution is 0.275. The topological polar surface area (TPSA) is 29.5 Å². The molecule has 2 nitrogen and oxygen atoms in total. The quantitative estimate of drug-likeness (QED) is 0.894. The van der Waals surface area contributed by atoms with Crippen molar-refractivity contribution in [3.05, 3.63) is 58.9 Å². The Kier molecular flexibility index (Phi) is 3.63. The summed E-state index contributed by atoms with van der Waals surface area (Å²) in [6.07, 6.45) is 0. The van der Waals surface area contributed by atoms with E-state index in [4.69, 9.17) is 4.74 Å². The molecule has 0 saturated heterocycles. The molecular weight excluding hydrogens is 231 g/mol. The summed E-state index contributed by atoms with van der Waals surface area (Å²) in [7, 11) is 0. The average Bonchev–Trinajstić information content (AvgIpc) is 2.35. The van der Waals surface area contributed by atoms with Crippen LogP contribution in [-0.2, 0) is 6.61 Å².